The Hall–Kier alpha value is -1.60. The summed E-state index contributed by atoms with van der Waals surface area (Å²) in [6, 6.07) is 7.01. The molecule has 0 aliphatic carbocycles. The molecule has 1 aromatic rings. The monoisotopic (exact) mass is 315 g/mol. The normalized spacial score (nSPS) is 12.0. The van der Waals surface area contributed by atoms with Gasteiger partial charge in [-0.15, -0.1) is 0 Å². The molecule has 1 rings (SSSR count). The standard InChI is InChI=1S/C14H21NO5S/c1-14(2,3)20-13(16)15-12-8-6-11(7-9-12)5-4-10-21(17,18)19/h6-9H,4-5,10H2,1-3H3,(H,15,16)(H,17,18,19). The van der Waals surface area contributed by atoms with Crippen molar-refractivity contribution >= 4 is 21.9 Å². The van der Waals surface area contributed by atoms with Crippen LogP contribution in [0.3, 0.4) is 0 Å². The topological polar surface area (TPSA) is 92.7 Å². The van der Waals surface area contributed by atoms with Gasteiger partial charge in [-0.2, -0.15) is 8.42 Å². The Kier molecular flexibility index (Phi) is 5.74. The predicted octanol–water partition coefficient (Wildman–Crippen LogP) is 2.85. The van der Waals surface area contributed by atoms with E-state index >= 15 is 0 Å². The van der Waals surface area contributed by atoms with Gasteiger partial charge in [0.1, 0.15) is 5.60 Å². The van der Waals surface area contributed by atoms with Gasteiger partial charge in [0.2, 0.25) is 0 Å². The second-order valence-electron chi connectivity index (χ2n) is 5.71. The van der Waals surface area contributed by atoms with E-state index in [0.29, 0.717) is 18.5 Å². The highest BCUT2D eigenvalue weighted by Gasteiger charge is 2.16. The van der Waals surface area contributed by atoms with Gasteiger partial charge in [-0.25, -0.2) is 4.79 Å². The van der Waals surface area contributed by atoms with Crippen molar-refractivity contribution in [1.82, 2.24) is 0 Å². The number of carbonyl (C=O) groups is 1. The van der Waals surface area contributed by atoms with Gasteiger partial charge < -0.3 is 4.74 Å². The number of hydrogen-bond donors (Lipinski definition) is 2. The summed E-state index contributed by atoms with van der Waals surface area (Å²) in [5.41, 5.74) is 0.968. The van der Waals surface area contributed by atoms with Crippen LogP contribution in [0, 0.1) is 0 Å². The summed E-state index contributed by atoms with van der Waals surface area (Å²) in [4.78, 5) is 11.6. The van der Waals surface area contributed by atoms with Crippen molar-refractivity contribution in [3.63, 3.8) is 0 Å². The third-order valence-electron chi connectivity index (χ3n) is 2.47. The third kappa shape index (κ3) is 8.31. The highest BCUT2D eigenvalue weighted by Crippen LogP contribution is 2.14. The van der Waals surface area contributed by atoms with E-state index in [0.717, 1.165) is 5.56 Å². The molecule has 1 aromatic carbocycles. The van der Waals surface area contributed by atoms with E-state index in [9.17, 15) is 13.2 Å². The van der Waals surface area contributed by atoms with E-state index in [1.165, 1.54) is 0 Å². The Bertz CT molecular complexity index is 572. The maximum absolute atomic E-state index is 11.6. The van der Waals surface area contributed by atoms with E-state index in [1.807, 2.05) is 0 Å². The number of nitrogens with one attached hydrogen (secondary N) is 1. The fourth-order valence-corrected chi connectivity index (χ4v) is 2.14. The van der Waals surface area contributed by atoms with Gasteiger partial charge in [0.25, 0.3) is 10.1 Å². The zero-order valence-electron chi connectivity index (χ0n) is 12.4. The van der Waals surface area contributed by atoms with Crippen molar-refractivity contribution in [3.8, 4) is 0 Å². The van der Waals surface area contributed by atoms with Crippen LogP contribution in [0.1, 0.15) is 32.8 Å². The number of rotatable bonds is 5. The summed E-state index contributed by atoms with van der Waals surface area (Å²) >= 11 is 0. The molecule has 2 N–H and O–H groups in total. The molecule has 0 heterocycles. The summed E-state index contributed by atoms with van der Waals surface area (Å²) in [6.45, 7) is 5.35. The quantitative estimate of drug-likeness (QED) is 0.815. The number of aryl methyl sites for hydroxylation is 1. The molecule has 0 aromatic heterocycles. The Morgan fingerprint density at radius 3 is 2.29 bits per heavy atom. The van der Waals surface area contributed by atoms with Crippen LogP contribution >= 0.6 is 0 Å². The van der Waals surface area contributed by atoms with E-state index in [2.05, 4.69) is 5.32 Å². The third-order valence-corrected chi connectivity index (χ3v) is 3.27. The van der Waals surface area contributed by atoms with Crippen LogP contribution in [0.15, 0.2) is 24.3 Å². The van der Waals surface area contributed by atoms with Gasteiger partial charge in [-0.1, -0.05) is 12.1 Å². The van der Waals surface area contributed by atoms with Crippen LogP contribution < -0.4 is 5.32 Å². The Balaban J connectivity index is 2.49. The first kappa shape index (κ1) is 17.5. The second-order valence-corrected chi connectivity index (χ2v) is 7.29. The molecule has 118 valence electrons. The minimum atomic E-state index is -3.91. The lowest BCUT2D eigenvalue weighted by Crippen LogP contribution is -2.27. The smallest absolute Gasteiger partial charge is 0.412 e. The van der Waals surface area contributed by atoms with Gasteiger partial charge in [0.05, 0.1) is 5.75 Å². The van der Waals surface area contributed by atoms with Crippen molar-refractivity contribution in [3.05, 3.63) is 29.8 Å². The average Bonchev–Trinajstić information content (AvgIpc) is 2.27. The molecule has 0 aliphatic rings. The number of benzene rings is 1. The van der Waals surface area contributed by atoms with Gasteiger partial charge >= 0.3 is 6.09 Å². The van der Waals surface area contributed by atoms with E-state index in [4.69, 9.17) is 9.29 Å². The first-order chi connectivity index (χ1) is 9.55. The number of amides is 1. The molecule has 0 atom stereocenters. The first-order valence-corrected chi connectivity index (χ1v) is 8.20. The molecule has 0 unspecified atom stereocenters. The van der Waals surface area contributed by atoms with Crippen molar-refractivity contribution in [1.29, 1.82) is 0 Å². The summed E-state index contributed by atoms with van der Waals surface area (Å²) in [5, 5.41) is 2.61. The van der Waals surface area contributed by atoms with E-state index in [1.54, 1.807) is 45.0 Å². The van der Waals surface area contributed by atoms with Crippen LogP contribution in [0.5, 0.6) is 0 Å². The highest BCUT2D eigenvalue weighted by atomic mass is 32.2. The van der Waals surface area contributed by atoms with Crippen LogP contribution in [-0.2, 0) is 21.3 Å². The molecular weight excluding hydrogens is 294 g/mol. The minimum absolute atomic E-state index is 0.259. The number of anilines is 1. The summed E-state index contributed by atoms with van der Waals surface area (Å²) < 4.78 is 35.0. The lowest BCUT2D eigenvalue weighted by atomic mass is 10.1. The van der Waals surface area contributed by atoms with Gasteiger partial charge in [-0.3, -0.25) is 9.87 Å². The summed E-state index contributed by atoms with van der Waals surface area (Å²) in [5.74, 6) is -0.259. The Morgan fingerprint density at radius 2 is 1.81 bits per heavy atom. The maximum Gasteiger partial charge on any atom is 0.412 e. The van der Waals surface area contributed by atoms with Crippen LogP contribution in [0.2, 0.25) is 0 Å². The fourth-order valence-electron chi connectivity index (χ4n) is 1.63. The molecule has 0 radical (unpaired) electrons. The highest BCUT2D eigenvalue weighted by molar-refractivity contribution is 7.85. The molecular formula is C14H21NO5S. The minimum Gasteiger partial charge on any atom is -0.444 e. The molecule has 7 heteroatoms. The second kappa shape index (κ2) is 6.91. The maximum atomic E-state index is 11.6. The summed E-state index contributed by atoms with van der Waals surface area (Å²) in [6.07, 6.45) is 0.353. The fraction of sp³-hybridized carbons (Fsp3) is 0.500. The molecule has 0 saturated heterocycles. The molecule has 0 bridgehead atoms. The SMILES string of the molecule is CC(C)(C)OC(=O)Nc1ccc(CCCS(=O)(=O)O)cc1. The lowest BCUT2D eigenvalue weighted by molar-refractivity contribution is 0.0636. The number of hydrogen-bond acceptors (Lipinski definition) is 4. The largest absolute Gasteiger partial charge is 0.444 e. The molecule has 0 aliphatic heterocycles. The van der Waals surface area contributed by atoms with Gasteiger partial charge in [0.15, 0.2) is 0 Å². The van der Waals surface area contributed by atoms with Crippen LogP contribution in [-0.4, -0.2) is 30.4 Å². The average molecular weight is 315 g/mol. The first-order valence-electron chi connectivity index (χ1n) is 6.59. The zero-order chi connectivity index (χ0) is 16.1. The van der Waals surface area contributed by atoms with Gasteiger partial charge in [-0.05, 0) is 51.3 Å². The van der Waals surface area contributed by atoms with E-state index in [-0.39, 0.29) is 5.75 Å². The lowest BCUT2D eigenvalue weighted by Gasteiger charge is -2.19. The molecule has 0 fully saturated rings. The van der Waals surface area contributed by atoms with Crippen LogP contribution in [0.25, 0.3) is 0 Å². The van der Waals surface area contributed by atoms with Crippen molar-refractivity contribution in [2.24, 2.45) is 0 Å². The van der Waals surface area contributed by atoms with Crippen molar-refractivity contribution in [2.75, 3.05) is 11.1 Å². The summed E-state index contributed by atoms with van der Waals surface area (Å²) in [7, 11) is -3.91. The van der Waals surface area contributed by atoms with E-state index < -0.39 is 21.8 Å². The van der Waals surface area contributed by atoms with Crippen molar-refractivity contribution < 1.29 is 22.5 Å². The predicted molar refractivity (Wildman–Crippen MR) is 81.0 cm³/mol. The molecule has 1 amide bonds. The molecule has 0 saturated carbocycles. The molecule has 21 heavy (non-hydrogen) atoms. The van der Waals surface area contributed by atoms with Gasteiger partial charge in [0, 0.05) is 5.69 Å². The number of carbonyl (C=O) groups excluding carboxylic acids is 1. The Labute approximate surface area is 125 Å². The van der Waals surface area contributed by atoms with Crippen molar-refractivity contribution in [2.45, 2.75) is 39.2 Å². The number of ether oxygens (including phenoxy) is 1. The molecule has 0 spiro atoms. The Morgan fingerprint density at radius 1 is 1.24 bits per heavy atom. The molecule has 6 nitrogen and oxygen atoms in total. The zero-order valence-corrected chi connectivity index (χ0v) is 13.2. The van der Waals surface area contributed by atoms with Crippen LogP contribution in [0.4, 0.5) is 10.5 Å².